The molecule has 1 atom stereocenters. The minimum absolute atomic E-state index is 0.0714. The van der Waals surface area contributed by atoms with Crippen molar-refractivity contribution < 1.29 is 5.11 Å². The Hall–Kier alpha value is -0.580. The smallest absolute Gasteiger partial charge is 0.0449 e. The predicted octanol–water partition coefficient (Wildman–Crippen LogP) is 1.41. The van der Waals surface area contributed by atoms with Gasteiger partial charge in [-0.05, 0) is 18.6 Å². The number of benzene rings is 1. The first-order valence-electron chi connectivity index (χ1n) is 4.07. The average Bonchev–Trinajstić information content (AvgIpc) is 2.04. The molecule has 1 aromatic carbocycles. The maximum absolute atomic E-state index is 8.74. The van der Waals surface area contributed by atoms with Crippen molar-refractivity contribution >= 4 is 21.6 Å². The molecule has 1 aromatic rings. The molecule has 13 heavy (non-hydrogen) atoms. The fourth-order valence-electron chi connectivity index (χ4n) is 1.23. The molecular weight excluding hydrogens is 232 g/mol. The number of aliphatic hydroxyl groups excluding tert-OH is 1. The Labute approximate surface area is 85.9 Å². The van der Waals surface area contributed by atoms with E-state index in [2.05, 4.69) is 15.9 Å². The first-order valence-corrected chi connectivity index (χ1v) is 4.86. The molecule has 0 aromatic heterocycles. The van der Waals surface area contributed by atoms with Crippen molar-refractivity contribution in [1.82, 2.24) is 0 Å². The predicted molar refractivity (Wildman–Crippen MR) is 57.2 cm³/mol. The maximum Gasteiger partial charge on any atom is 0.0449 e. The van der Waals surface area contributed by atoms with Gasteiger partial charge < -0.3 is 16.6 Å². The highest BCUT2D eigenvalue weighted by molar-refractivity contribution is 9.10. The zero-order valence-electron chi connectivity index (χ0n) is 7.20. The standard InChI is InChI=1S/C9H13BrN2O/c10-6-2-1-3-7(11)9(6)8(12)4-5-13/h1-3,8,13H,4-5,11-12H2/t8-/m0/s1. The van der Waals surface area contributed by atoms with E-state index in [1.807, 2.05) is 12.1 Å². The van der Waals surface area contributed by atoms with Crippen LogP contribution in [-0.2, 0) is 0 Å². The fourth-order valence-corrected chi connectivity index (χ4v) is 1.90. The first-order chi connectivity index (χ1) is 6.16. The van der Waals surface area contributed by atoms with Gasteiger partial charge in [0.05, 0.1) is 0 Å². The number of anilines is 1. The summed E-state index contributed by atoms with van der Waals surface area (Å²) in [4.78, 5) is 0. The van der Waals surface area contributed by atoms with Gasteiger partial charge in [-0.3, -0.25) is 0 Å². The number of hydrogen-bond donors (Lipinski definition) is 3. The number of halogens is 1. The molecule has 0 heterocycles. The Balaban J connectivity index is 2.98. The van der Waals surface area contributed by atoms with Crippen LogP contribution in [0.2, 0.25) is 0 Å². The monoisotopic (exact) mass is 244 g/mol. The quantitative estimate of drug-likeness (QED) is 0.705. The van der Waals surface area contributed by atoms with Crippen molar-refractivity contribution in [2.75, 3.05) is 12.3 Å². The van der Waals surface area contributed by atoms with E-state index in [1.165, 1.54) is 0 Å². The molecule has 3 nitrogen and oxygen atoms in total. The number of rotatable bonds is 3. The van der Waals surface area contributed by atoms with Crippen molar-refractivity contribution in [3.8, 4) is 0 Å². The maximum atomic E-state index is 8.74. The van der Waals surface area contributed by atoms with Crippen LogP contribution in [0.5, 0.6) is 0 Å². The van der Waals surface area contributed by atoms with Crippen molar-refractivity contribution in [3.63, 3.8) is 0 Å². The fraction of sp³-hybridized carbons (Fsp3) is 0.333. The molecule has 0 aliphatic rings. The van der Waals surface area contributed by atoms with Crippen LogP contribution in [0.4, 0.5) is 5.69 Å². The van der Waals surface area contributed by atoms with Crippen LogP contribution in [-0.4, -0.2) is 11.7 Å². The van der Waals surface area contributed by atoms with Gasteiger partial charge in [0.25, 0.3) is 0 Å². The van der Waals surface area contributed by atoms with Gasteiger partial charge in [0.2, 0.25) is 0 Å². The second-order valence-electron chi connectivity index (χ2n) is 2.86. The van der Waals surface area contributed by atoms with Crippen LogP contribution in [0.15, 0.2) is 22.7 Å². The lowest BCUT2D eigenvalue weighted by Crippen LogP contribution is -2.14. The van der Waals surface area contributed by atoms with Crippen LogP contribution >= 0.6 is 15.9 Å². The summed E-state index contributed by atoms with van der Waals surface area (Å²) in [7, 11) is 0. The minimum atomic E-state index is -0.208. The minimum Gasteiger partial charge on any atom is -0.398 e. The van der Waals surface area contributed by atoms with E-state index in [0.717, 1.165) is 10.0 Å². The van der Waals surface area contributed by atoms with E-state index in [4.69, 9.17) is 16.6 Å². The molecule has 0 radical (unpaired) electrons. The van der Waals surface area contributed by atoms with E-state index in [1.54, 1.807) is 6.07 Å². The molecule has 0 aliphatic carbocycles. The van der Waals surface area contributed by atoms with Gasteiger partial charge in [-0.25, -0.2) is 0 Å². The molecule has 0 aliphatic heterocycles. The van der Waals surface area contributed by atoms with Crippen LogP contribution in [0, 0.1) is 0 Å². The van der Waals surface area contributed by atoms with Gasteiger partial charge in [-0.1, -0.05) is 22.0 Å². The highest BCUT2D eigenvalue weighted by Gasteiger charge is 2.11. The van der Waals surface area contributed by atoms with Crippen LogP contribution in [0.1, 0.15) is 18.0 Å². The molecule has 0 unspecified atom stereocenters. The molecule has 0 saturated carbocycles. The van der Waals surface area contributed by atoms with E-state index in [-0.39, 0.29) is 12.6 Å². The third-order valence-electron chi connectivity index (χ3n) is 1.90. The number of hydrogen-bond acceptors (Lipinski definition) is 3. The molecule has 0 fully saturated rings. The first kappa shape index (κ1) is 10.5. The average molecular weight is 245 g/mol. The van der Waals surface area contributed by atoms with E-state index < -0.39 is 0 Å². The topological polar surface area (TPSA) is 72.3 Å². The lowest BCUT2D eigenvalue weighted by atomic mass is 10.0. The SMILES string of the molecule is Nc1cccc(Br)c1[C@@H](N)CCO. The number of aliphatic hydroxyl groups is 1. The van der Waals surface area contributed by atoms with Gasteiger partial charge >= 0.3 is 0 Å². The lowest BCUT2D eigenvalue weighted by Gasteiger charge is -2.14. The van der Waals surface area contributed by atoms with Gasteiger partial charge in [0, 0.05) is 28.4 Å². The molecule has 0 saturated heterocycles. The van der Waals surface area contributed by atoms with Gasteiger partial charge in [-0.2, -0.15) is 0 Å². The third kappa shape index (κ3) is 2.43. The molecule has 0 spiro atoms. The van der Waals surface area contributed by atoms with E-state index in [0.29, 0.717) is 12.1 Å². The molecule has 0 bridgehead atoms. The lowest BCUT2D eigenvalue weighted by molar-refractivity contribution is 0.276. The molecular formula is C9H13BrN2O. The Morgan fingerprint density at radius 2 is 2.15 bits per heavy atom. The van der Waals surface area contributed by atoms with E-state index >= 15 is 0 Å². The highest BCUT2D eigenvalue weighted by atomic mass is 79.9. The third-order valence-corrected chi connectivity index (χ3v) is 2.59. The molecule has 1 rings (SSSR count). The summed E-state index contributed by atoms with van der Waals surface area (Å²) in [6, 6.07) is 5.34. The van der Waals surface area contributed by atoms with E-state index in [9.17, 15) is 0 Å². The Morgan fingerprint density at radius 3 is 2.69 bits per heavy atom. The van der Waals surface area contributed by atoms with Crippen LogP contribution < -0.4 is 11.5 Å². The second-order valence-corrected chi connectivity index (χ2v) is 3.72. The Kier molecular flexibility index (Phi) is 3.71. The summed E-state index contributed by atoms with van der Waals surface area (Å²) < 4.78 is 0.897. The summed E-state index contributed by atoms with van der Waals surface area (Å²) in [6.45, 7) is 0.0714. The highest BCUT2D eigenvalue weighted by Crippen LogP contribution is 2.28. The zero-order valence-corrected chi connectivity index (χ0v) is 8.79. The largest absolute Gasteiger partial charge is 0.398 e. The summed E-state index contributed by atoms with van der Waals surface area (Å²) in [5, 5.41) is 8.74. The van der Waals surface area contributed by atoms with Crippen molar-refractivity contribution in [1.29, 1.82) is 0 Å². The van der Waals surface area contributed by atoms with Gasteiger partial charge in [0.15, 0.2) is 0 Å². The van der Waals surface area contributed by atoms with Crippen molar-refractivity contribution in [3.05, 3.63) is 28.2 Å². The Morgan fingerprint density at radius 1 is 1.46 bits per heavy atom. The summed E-state index contributed by atoms with van der Waals surface area (Å²) in [5.41, 5.74) is 13.1. The number of nitrogen functional groups attached to an aromatic ring is 1. The van der Waals surface area contributed by atoms with Gasteiger partial charge in [0.1, 0.15) is 0 Å². The normalized spacial score (nSPS) is 12.8. The zero-order chi connectivity index (χ0) is 9.84. The summed E-state index contributed by atoms with van der Waals surface area (Å²) in [6.07, 6.45) is 0.521. The number of nitrogens with two attached hydrogens (primary N) is 2. The molecule has 72 valence electrons. The van der Waals surface area contributed by atoms with Gasteiger partial charge in [-0.15, -0.1) is 0 Å². The Bertz CT molecular complexity index is 271. The second kappa shape index (κ2) is 4.60. The summed E-state index contributed by atoms with van der Waals surface area (Å²) in [5.74, 6) is 0. The van der Waals surface area contributed by atoms with Crippen molar-refractivity contribution in [2.24, 2.45) is 5.73 Å². The van der Waals surface area contributed by atoms with Crippen LogP contribution in [0.3, 0.4) is 0 Å². The summed E-state index contributed by atoms with van der Waals surface area (Å²) >= 11 is 3.38. The molecule has 4 heteroatoms. The molecule has 5 N–H and O–H groups in total. The van der Waals surface area contributed by atoms with Crippen LogP contribution in [0.25, 0.3) is 0 Å². The molecule has 0 amide bonds. The van der Waals surface area contributed by atoms with Crippen molar-refractivity contribution in [2.45, 2.75) is 12.5 Å².